The number of fused-ring (bicyclic) bond motifs is 3. The van der Waals surface area contributed by atoms with Gasteiger partial charge in [0.1, 0.15) is 4.83 Å². The number of hydrogen-bond acceptors (Lipinski definition) is 4. The van der Waals surface area contributed by atoms with Crippen LogP contribution in [0.25, 0.3) is 10.2 Å². The minimum absolute atomic E-state index is 0.0438. The molecule has 0 radical (unpaired) electrons. The predicted molar refractivity (Wildman–Crippen MR) is 75.4 cm³/mol. The van der Waals surface area contributed by atoms with E-state index < -0.39 is 0 Å². The van der Waals surface area contributed by atoms with Crippen molar-refractivity contribution in [1.82, 2.24) is 15.6 Å². The molecule has 1 saturated heterocycles. The Balaban J connectivity index is 1.53. The number of amides is 1. The summed E-state index contributed by atoms with van der Waals surface area (Å²) < 4.78 is 0. The highest BCUT2D eigenvalue weighted by Gasteiger charge is 2.40. The molecular weight excluding hydrogens is 258 g/mol. The molecule has 1 aliphatic carbocycles. The normalized spacial score (nSPS) is 28.9. The maximum absolute atomic E-state index is 12.3. The van der Waals surface area contributed by atoms with E-state index in [1.165, 1.54) is 17.8 Å². The van der Waals surface area contributed by atoms with Crippen molar-refractivity contribution in [3.63, 3.8) is 0 Å². The van der Waals surface area contributed by atoms with Crippen molar-refractivity contribution in [1.29, 1.82) is 0 Å². The fraction of sp³-hybridized carbons (Fsp3) is 0.429. The van der Waals surface area contributed by atoms with Crippen LogP contribution in [0.1, 0.15) is 22.5 Å². The SMILES string of the molecule is O=C(NC1CC2CNC1C2)c1cc2cccnc2s1. The Morgan fingerprint density at radius 1 is 1.47 bits per heavy atom. The number of carbonyl (C=O) groups is 1. The van der Waals surface area contributed by atoms with Crippen molar-refractivity contribution >= 4 is 27.5 Å². The molecule has 98 valence electrons. The van der Waals surface area contributed by atoms with Crippen LogP contribution < -0.4 is 10.6 Å². The van der Waals surface area contributed by atoms with Gasteiger partial charge in [0.2, 0.25) is 0 Å². The number of pyridine rings is 1. The summed E-state index contributed by atoms with van der Waals surface area (Å²) in [5.74, 6) is 0.793. The molecule has 5 heteroatoms. The van der Waals surface area contributed by atoms with Gasteiger partial charge in [-0.15, -0.1) is 11.3 Å². The molecule has 3 unspecified atom stereocenters. The summed E-state index contributed by atoms with van der Waals surface area (Å²) in [4.78, 5) is 18.3. The number of piperidine rings is 1. The molecule has 4 nitrogen and oxygen atoms in total. The summed E-state index contributed by atoms with van der Waals surface area (Å²) in [5, 5.41) is 7.68. The molecule has 4 rings (SSSR count). The van der Waals surface area contributed by atoms with Crippen LogP contribution in [-0.2, 0) is 0 Å². The Labute approximate surface area is 115 Å². The molecule has 1 amide bonds. The first kappa shape index (κ1) is 11.4. The Hall–Kier alpha value is -1.46. The number of carbonyl (C=O) groups excluding carboxylic acids is 1. The number of rotatable bonds is 2. The van der Waals surface area contributed by atoms with Gasteiger partial charge in [0.15, 0.2) is 0 Å². The van der Waals surface area contributed by atoms with Crippen LogP contribution >= 0.6 is 11.3 Å². The largest absolute Gasteiger partial charge is 0.347 e. The van der Waals surface area contributed by atoms with Crippen LogP contribution in [0.4, 0.5) is 0 Å². The zero-order valence-corrected chi connectivity index (χ0v) is 11.2. The lowest BCUT2D eigenvalue weighted by atomic mass is 10.1. The maximum Gasteiger partial charge on any atom is 0.261 e. The van der Waals surface area contributed by atoms with Crippen LogP contribution in [0.3, 0.4) is 0 Å². The molecule has 0 aromatic carbocycles. The smallest absolute Gasteiger partial charge is 0.261 e. The molecule has 2 bridgehead atoms. The average Bonchev–Trinajstić information content (AvgIpc) is 3.12. The van der Waals surface area contributed by atoms with Gasteiger partial charge < -0.3 is 10.6 Å². The summed E-state index contributed by atoms with van der Waals surface area (Å²) in [6.45, 7) is 1.11. The second-order valence-corrected chi connectivity index (χ2v) is 6.47. The second kappa shape index (κ2) is 4.28. The third-order valence-electron chi connectivity index (χ3n) is 4.16. The van der Waals surface area contributed by atoms with E-state index in [-0.39, 0.29) is 5.91 Å². The van der Waals surface area contributed by atoms with Crippen LogP contribution in [0.5, 0.6) is 0 Å². The first-order chi connectivity index (χ1) is 9.29. The van der Waals surface area contributed by atoms with Crippen LogP contribution in [0, 0.1) is 5.92 Å². The molecule has 2 N–H and O–H groups in total. The van der Waals surface area contributed by atoms with E-state index in [1.54, 1.807) is 6.20 Å². The summed E-state index contributed by atoms with van der Waals surface area (Å²) in [5.41, 5.74) is 0. The van der Waals surface area contributed by atoms with E-state index in [9.17, 15) is 4.79 Å². The minimum Gasteiger partial charge on any atom is -0.347 e. The lowest BCUT2D eigenvalue weighted by molar-refractivity contribution is 0.0932. The molecule has 2 fully saturated rings. The molecule has 2 aromatic heterocycles. The number of nitrogens with one attached hydrogen (secondary N) is 2. The molecule has 1 aliphatic heterocycles. The van der Waals surface area contributed by atoms with Gasteiger partial charge in [0.25, 0.3) is 5.91 Å². The fourth-order valence-electron chi connectivity index (χ4n) is 3.24. The van der Waals surface area contributed by atoms with Crippen molar-refractivity contribution in [2.75, 3.05) is 6.54 Å². The van der Waals surface area contributed by atoms with Crippen molar-refractivity contribution in [2.24, 2.45) is 5.92 Å². The summed E-state index contributed by atoms with van der Waals surface area (Å²) in [6.07, 6.45) is 4.09. The van der Waals surface area contributed by atoms with E-state index in [0.717, 1.165) is 34.0 Å². The number of hydrogen-bond donors (Lipinski definition) is 2. The zero-order chi connectivity index (χ0) is 12.8. The Bertz CT molecular complexity index is 605. The van der Waals surface area contributed by atoms with E-state index in [2.05, 4.69) is 15.6 Å². The summed E-state index contributed by atoms with van der Waals surface area (Å²) >= 11 is 1.47. The van der Waals surface area contributed by atoms with Gasteiger partial charge >= 0.3 is 0 Å². The zero-order valence-electron chi connectivity index (χ0n) is 10.4. The van der Waals surface area contributed by atoms with Crippen molar-refractivity contribution in [2.45, 2.75) is 24.9 Å². The third-order valence-corrected chi connectivity index (χ3v) is 5.22. The number of aromatic nitrogens is 1. The lowest BCUT2D eigenvalue weighted by Crippen LogP contribution is -2.47. The predicted octanol–water partition coefficient (Wildman–Crippen LogP) is 1.78. The standard InChI is InChI=1S/C14H15N3OS/c18-13(17-11-5-8-4-10(11)16-7-8)12-6-9-2-1-3-15-14(9)19-12/h1-3,6,8,10-11,16H,4-5,7H2,(H,17,18). The number of nitrogens with zero attached hydrogens (tertiary/aromatic N) is 1. The van der Waals surface area contributed by atoms with Gasteiger partial charge in [-0.1, -0.05) is 6.07 Å². The molecule has 2 aromatic rings. The van der Waals surface area contributed by atoms with Gasteiger partial charge in [-0.2, -0.15) is 0 Å². The monoisotopic (exact) mass is 273 g/mol. The molecule has 0 spiro atoms. The first-order valence-electron chi connectivity index (χ1n) is 6.68. The van der Waals surface area contributed by atoms with Crippen molar-refractivity contribution in [3.05, 3.63) is 29.3 Å². The Kier molecular flexibility index (Phi) is 2.56. The summed E-state index contributed by atoms with van der Waals surface area (Å²) in [7, 11) is 0. The van der Waals surface area contributed by atoms with Crippen LogP contribution in [0.2, 0.25) is 0 Å². The highest BCUT2D eigenvalue weighted by atomic mass is 32.1. The Morgan fingerprint density at radius 3 is 3.16 bits per heavy atom. The van der Waals surface area contributed by atoms with Crippen LogP contribution in [-0.4, -0.2) is 29.5 Å². The molecule has 1 saturated carbocycles. The molecule has 19 heavy (non-hydrogen) atoms. The third kappa shape index (κ3) is 1.93. The van der Waals surface area contributed by atoms with Crippen LogP contribution in [0.15, 0.2) is 24.4 Å². The quantitative estimate of drug-likeness (QED) is 0.877. The molecular formula is C14H15N3OS. The van der Waals surface area contributed by atoms with E-state index >= 15 is 0 Å². The van der Waals surface area contributed by atoms with E-state index in [4.69, 9.17) is 0 Å². The van der Waals surface area contributed by atoms with Gasteiger partial charge in [-0.05, 0) is 37.4 Å². The Morgan fingerprint density at radius 2 is 2.42 bits per heavy atom. The van der Waals surface area contributed by atoms with Gasteiger partial charge in [-0.3, -0.25) is 4.79 Å². The fourth-order valence-corrected chi connectivity index (χ4v) is 4.14. The first-order valence-corrected chi connectivity index (χ1v) is 7.50. The highest BCUT2D eigenvalue weighted by Crippen LogP contribution is 2.31. The minimum atomic E-state index is 0.0438. The average molecular weight is 273 g/mol. The van der Waals surface area contributed by atoms with E-state index in [0.29, 0.717) is 12.1 Å². The highest BCUT2D eigenvalue weighted by molar-refractivity contribution is 7.20. The molecule has 2 aliphatic rings. The molecule has 3 heterocycles. The molecule has 3 atom stereocenters. The van der Waals surface area contributed by atoms with Gasteiger partial charge in [0.05, 0.1) is 4.88 Å². The second-order valence-electron chi connectivity index (χ2n) is 5.44. The van der Waals surface area contributed by atoms with E-state index in [1.807, 2.05) is 18.2 Å². The van der Waals surface area contributed by atoms with Gasteiger partial charge in [-0.25, -0.2) is 4.98 Å². The van der Waals surface area contributed by atoms with Crippen molar-refractivity contribution in [3.8, 4) is 0 Å². The number of thiophene rings is 1. The maximum atomic E-state index is 12.3. The lowest BCUT2D eigenvalue weighted by Gasteiger charge is -2.23. The topological polar surface area (TPSA) is 54.0 Å². The summed E-state index contributed by atoms with van der Waals surface area (Å²) in [6, 6.07) is 6.60. The van der Waals surface area contributed by atoms with Crippen molar-refractivity contribution < 1.29 is 4.79 Å². The van der Waals surface area contributed by atoms with Gasteiger partial charge in [0, 0.05) is 23.7 Å².